The Kier molecular flexibility index (Phi) is 5.94. The monoisotopic (exact) mass is 350 g/mol. The Bertz CT molecular complexity index is 706. The maximum absolute atomic E-state index is 12.6. The highest BCUT2D eigenvalue weighted by Gasteiger charge is 2.32. The van der Waals surface area contributed by atoms with Crippen LogP contribution in [0.4, 0.5) is 0 Å². The van der Waals surface area contributed by atoms with Crippen LogP contribution in [-0.4, -0.2) is 19.0 Å². The molecule has 0 bridgehead atoms. The molecule has 2 aromatic rings. The van der Waals surface area contributed by atoms with E-state index in [4.69, 9.17) is 4.42 Å². The van der Waals surface area contributed by atoms with Crippen molar-refractivity contribution in [2.24, 2.45) is 17.8 Å². The second kappa shape index (κ2) is 7.58. The molecule has 3 rings (SSSR count). The van der Waals surface area contributed by atoms with Crippen LogP contribution in [0.2, 0.25) is 0 Å². The average molecular weight is 351 g/mol. The quantitative estimate of drug-likeness (QED) is 0.861. The molecule has 1 aliphatic rings. The van der Waals surface area contributed by atoms with Crippen molar-refractivity contribution in [2.45, 2.75) is 33.7 Å². The molecule has 1 saturated heterocycles. The van der Waals surface area contributed by atoms with Gasteiger partial charge in [0.15, 0.2) is 0 Å². The Morgan fingerprint density at radius 1 is 1.25 bits per heavy atom. The van der Waals surface area contributed by atoms with Crippen LogP contribution in [0.25, 0.3) is 11.0 Å². The number of amides is 1. The summed E-state index contributed by atoms with van der Waals surface area (Å²) in [4.78, 5) is 12.6. The smallest absolute Gasteiger partial charge is 0.223 e. The molecule has 1 fully saturated rings. The zero-order chi connectivity index (χ0) is 16.6. The Morgan fingerprint density at radius 3 is 2.46 bits per heavy atom. The van der Waals surface area contributed by atoms with Gasteiger partial charge in [0.25, 0.3) is 0 Å². The van der Waals surface area contributed by atoms with E-state index in [0.717, 1.165) is 35.4 Å². The fourth-order valence-electron chi connectivity index (χ4n) is 3.19. The highest BCUT2D eigenvalue weighted by molar-refractivity contribution is 5.85. The van der Waals surface area contributed by atoms with E-state index >= 15 is 0 Å². The summed E-state index contributed by atoms with van der Waals surface area (Å²) < 4.78 is 6.08. The van der Waals surface area contributed by atoms with Gasteiger partial charge in [0, 0.05) is 16.9 Å². The molecular formula is C19H27ClN2O2. The molecule has 1 aromatic heterocycles. The highest BCUT2D eigenvalue weighted by atomic mass is 35.5. The molecule has 24 heavy (non-hydrogen) atoms. The molecule has 4 nitrogen and oxygen atoms in total. The second-order valence-corrected chi connectivity index (χ2v) is 7.02. The molecular weight excluding hydrogens is 324 g/mol. The predicted molar refractivity (Wildman–Crippen MR) is 99.4 cm³/mol. The molecule has 2 N–H and O–H groups in total. The van der Waals surface area contributed by atoms with E-state index in [9.17, 15) is 4.79 Å². The Balaban J connectivity index is 0.00000208. The Labute approximate surface area is 149 Å². The van der Waals surface area contributed by atoms with Crippen molar-refractivity contribution in [1.29, 1.82) is 0 Å². The van der Waals surface area contributed by atoms with Crippen LogP contribution in [-0.2, 0) is 4.79 Å². The van der Waals surface area contributed by atoms with Crippen LogP contribution in [0.15, 0.2) is 28.7 Å². The molecule has 1 aliphatic heterocycles. The summed E-state index contributed by atoms with van der Waals surface area (Å²) in [6.07, 6.45) is 0. The number of halogens is 1. The third-order valence-corrected chi connectivity index (χ3v) is 5.06. The molecule has 0 aliphatic carbocycles. The fourth-order valence-corrected chi connectivity index (χ4v) is 3.19. The van der Waals surface area contributed by atoms with Crippen molar-refractivity contribution in [3.05, 3.63) is 35.6 Å². The Morgan fingerprint density at radius 2 is 1.92 bits per heavy atom. The third-order valence-electron chi connectivity index (χ3n) is 5.06. The summed E-state index contributed by atoms with van der Waals surface area (Å²) in [7, 11) is 0. The zero-order valence-corrected chi connectivity index (χ0v) is 15.6. The van der Waals surface area contributed by atoms with Gasteiger partial charge in [-0.1, -0.05) is 39.0 Å². The van der Waals surface area contributed by atoms with Gasteiger partial charge < -0.3 is 15.1 Å². The van der Waals surface area contributed by atoms with Crippen molar-refractivity contribution in [3.8, 4) is 0 Å². The number of furan rings is 1. The molecule has 2 unspecified atom stereocenters. The van der Waals surface area contributed by atoms with Crippen LogP contribution < -0.4 is 10.6 Å². The lowest BCUT2D eigenvalue weighted by molar-refractivity contribution is -0.128. The highest BCUT2D eigenvalue weighted by Crippen LogP contribution is 2.33. The standard InChI is InChI=1S/C19H26N2O2.ClH/c1-11(2)17(21-19(22)12(3)14-9-20-10-14)18-13(4)15-7-5-6-8-16(15)23-18;/h5-8,11-12,14,17,20H,9-10H2,1-4H3,(H,21,22);1H. The van der Waals surface area contributed by atoms with E-state index in [1.165, 1.54) is 0 Å². The van der Waals surface area contributed by atoms with Gasteiger partial charge in [-0.05, 0) is 37.9 Å². The van der Waals surface area contributed by atoms with Crippen molar-refractivity contribution in [2.75, 3.05) is 13.1 Å². The first-order valence-electron chi connectivity index (χ1n) is 8.48. The van der Waals surface area contributed by atoms with Crippen molar-refractivity contribution < 1.29 is 9.21 Å². The molecule has 132 valence electrons. The zero-order valence-electron chi connectivity index (χ0n) is 14.8. The van der Waals surface area contributed by atoms with E-state index in [2.05, 4.69) is 37.5 Å². The summed E-state index contributed by atoms with van der Waals surface area (Å²) in [5.74, 6) is 1.75. The third kappa shape index (κ3) is 3.45. The summed E-state index contributed by atoms with van der Waals surface area (Å²) in [6.45, 7) is 10.2. The van der Waals surface area contributed by atoms with Gasteiger partial charge in [0.2, 0.25) is 5.91 Å². The largest absolute Gasteiger partial charge is 0.459 e. The molecule has 0 radical (unpaired) electrons. The number of carbonyl (C=O) groups excluding carboxylic acids is 1. The van der Waals surface area contributed by atoms with Gasteiger partial charge in [0.1, 0.15) is 11.3 Å². The van der Waals surface area contributed by atoms with E-state index in [-0.39, 0.29) is 36.2 Å². The summed E-state index contributed by atoms with van der Waals surface area (Å²) >= 11 is 0. The molecule has 2 atom stereocenters. The van der Waals surface area contributed by atoms with Gasteiger partial charge in [-0.2, -0.15) is 0 Å². The lowest BCUT2D eigenvalue weighted by Crippen LogP contribution is -2.50. The summed E-state index contributed by atoms with van der Waals surface area (Å²) in [6, 6.07) is 7.95. The van der Waals surface area contributed by atoms with Gasteiger partial charge in [-0.25, -0.2) is 0 Å². The Hall–Kier alpha value is -1.52. The number of para-hydroxylation sites is 1. The van der Waals surface area contributed by atoms with Crippen LogP contribution in [0.1, 0.15) is 38.1 Å². The van der Waals surface area contributed by atoms with Gasteiger partial charge in [-0.15, -0.1) is 12.4 Å². The number of hydrogen-bond acceptors (Lipinski definition) is 3. The van der Waals surface area contributed by atoms with Gasteiger partial charge >= 0.3 is 0 Å². The van der Waals surface area contributed by atoms with Crippen molar-refractivity contribution in [1.82, 2.24) is 10.6 Å². The van der Waals surface area contributed by atoms with E-state index in [0.29, 0.717) is 5.92 Å². The fraction of sp³-hybridized carbons (Fsp3) is 0.526. The summed E-state index contributed by atoms with van der Waals surface area (Å²) in [5, 5.41) is 7.58. The number of fused-ring (bicyclic) bond motifs is 1. The average Bonchev–Trinajstić information content (AvgIpc) is 2.80. The topological polar surface area (TPSA) is 54.3 Å². The molecule has 0 saturated carbocycles. The molecule has 0 spiro atoms. The lowest BCUT2D eigenvalue weighted by atomic mass is 9.87. The first kappa shape index (κ1) is 18.8. The van der Waals surface area contributed by atoms with E-state index in [1.807, 2.05) is 25.1 Å². The number of benzene rings is 1. The first-order valence-corrected chi connectivity index (χ1v) is 8.48. The minimum absolute atomic E-state index is 0. The minimum atomic E-state index is -0.0922. The van der Waals surface area contributed by atoms with Crippen molar-refractivity contribution >= 4 is 29.3 Å². The maximum atomic E-state index is 12.6. The second-order valence-electron chi connectivity index (χ2n) is 7.02. The van der Waals surface area contributed by atoms with Crippen LogP contribution in [0.3, 0.4) is 0 Å². The number of nitrogens with one attached hydrogen (secondary N) is 2. The number of hydrogen-bond donors (Lipinski definition) is 2. The van der Waals surface area contributed by atoms with E-state index < -0.39 is 0 Å². The van der Waals surface area contributed by atoms with Crippen LogP contribution in [0, 0.1) is 24.7 Å². The first-order chi connectivity index (χ1) is 11.0. The number of carbonyl (C=O) groups is 1. The normalized spacial score (nSPS) is 17.2. The molecule has 1 amide bonds. The molecule has 2 heterocycles. The molecule has 5 heteroatoms. The van der Waals surface area contributed by atoms with Gasteiger partial charge in [0.05, 0.1) is 6.04 Å². The minimum Gasteiger partial charge on any atom is -0.459 e. The number of aryl methyl sites for hydroxylation is 1. The SMILES string of the molecule is Cc1c(C(NC(=O)C(C)C2CNC2)C(C)C)oc2ccccc12.Cl. The van der Waals surface area contributed by atoms with E-state index in [1.54, 1.807) is 0 Å². The summed E-state index contributed by atoms with van der Waals surface area (Å²) in [5.41, 5.74) is 2.01. The van der Waals surface area contributed by atoms with Crippen LogP contribution >= 0.6 is 12.4 Å². The van der Waals surface area contributed by atoms with Crippen molar-refractivity contribution in [3.63, 3.8) is 0 Å². The maximum Gasteiger partial charge on any atom is 0.223 e. The van der Waals surface area contributed by atoms with Crippen LogP contribution in [0.5, 0.6) is 0 Å². The predicted octanol–water partition coefficient (Wildman–Crippen LogP) is 3.83. The lowest BCUT2D eigenvalue weighted by Gasteiger charge is -2.33. The molecule has 1 aromatic carbocycles. The number of rotatable bonds is 5. The van der Waals surface area contributed by atoms with Gasteiger partial charge in [-0.3, -0.25) is 4.79 Å².